The molecule has 1 saturated heterocycles. The Morgan fingerprint density at radius 2 is 1.79 bits per heavy atom. The molecule has 0 spiro atoms. The van der Waals surface area contributed by atoms with Gasteiger partial charge in [-0.15, -0.1) is 0 Å². The lowest BCUT2D eigenvalue weighted by atomic mass is 9.38. The van der Waals surface area contributed by atoms with Gasteiger partial charge in [0.25, 0.3) is 0 Å². The van der Waals surface area contributed by atoms with Crippen molar-refractivity contribution in [2.75, 3.05) is 14.2 Å². The van der Waals surface area contributed by atoms with E-state index in [2.05, 4.69) is 46.8 Å². The Kier molecular flexibility index (Phi) is 6.73. The van der Waals surface area contributed by atoms with E-state index in [4.69, 9.17) is 14.2 Å². The van der Waals surface area contributed by atoms with Gasteiger partial charge in [0.15, 0.2) is 12.1 Å². The van der Waals surface area contributed by atoms with Crippen LogP contribution in [0.5, 0.6) is 0 Å². The van der Waals surface area contributed by atoms with Crippen molar-refractivity contribution in [2.45, 2.75) is 111 Å². The van der Waals surface area contributed by atoms with Crippen molar-refractivity contribution in [3.8, 4) is 0 Å². The van der Waals surface area contributed by atoms with Crippen molar-refractivity contribution in [2.24, 2.45) is 45.3 Å². The molecular formula is C32H50O6. The van der Waals surface area contributed by atoms with E-state index in [1.165, 1.54) is 5.57 Å². The number of allylic oxidation sites excluding steroid dienone is 3. The van der Waals surface area contributed by atoms with E-state index in [-0.39, 0.29) is 52.2 Å². The van der Waals surface area contributed by atoms with Crippen molar-refractivity contribution in [3.05, 3.63) is 23.8 Å². The summed E-state index contributed by atoms with van der Waals surface area (Å²) in [5, 5.41) is 23.0. The maximum absolute atomic E-state index is 12.9. The first kappa shape index (κ1) is 28.5. The van der Waals surface area contributed by atoms with E-state index in [0.29, 0.717) is 12.3 Å². The monoisotopic (exact) mass is 530 g/mol. The Balaban J connectivity index is 1.46. The first-order valence-electron chi connectivity index (χ1n) is 14.6. The molecular weight excluding hydrogens is 480 g/mol. The normalized spacial score (nSPS) is 48.8. The molecule has 5 rings (SSSR count). The fourth-order valence-corrected chi connectivity index (χ4v) is 10.0. The smallest absolute Gasteiger partial charge is 0.161 e. The summed E-state index contributed by atoms with van der Waals surface area (Å²) in [7, 11) is 3.32. The first-order valence-corrected chi connectivity index (χ1v) is 14.6. The molecule has 6 heteroatoms. The van der Waals surface area contributed by atoms with Crippen molar-refractivity contribution >= 4 is 5.78 Å². The first-order chi connectivity index (χ1) is 17.6. The summed E-state index contributed by atoms with van der Waals surface area (Å²) >= 11 is 0. The van der Waals surface area contributed by atoms with Crippen LogP contribution >= 0.6 is 0 Å². The number of methoxy groups -OCH3 is 2. The van der Waals surface area contributed by atoms with E-state index in [9.17, 15) is 15.0 Å². The highest BCUT2D eigenvalue weighted by molar-refractivity contribution is 5.95. The molecule has 0 aromatic heterocycles. The molecule has 5 aliphatic rings. The molecule has 11 atom stereocenters. The van der Waals surface area contributed by atoms with Gasteiger partial charge < -0.3 is 24.4 Å². The summed E-state index contributed by atoms with van der Waals surface area (Å²) in [5.41, 5.74) is -0.381. The van der Waals surface area contributed by atoms with Crippen LogP contribution in [-0.4, -0.2) is 60.4 Å². The molecule has 0 radical (unpaired) electrons. The van der Waals surface area contributed by atoms with E-state index in [1.807, 2.05) is 19.9 Å². The molecule has 0 bridgehead atoms. The topological polar surface area (TPSA) is 85.2 Å². The van der Waals surface area contributed by atoms with Crippen LogP contribution in [0.15, 0.2) is 23.8 Å². The number of carbonyl (C=O) groups is 1. The summed E-state index contributed by atoms with van der Waals surface area (Å²) < 4.78 is 17.8. The SMILES string of the molecule is COC1OC(C(O)C(C)(C)OC)CC1C1CC=C2C1(C)CCC1C3(C)C=CC(=O)C(C)(C)C3CC(O)C21C. The summed E-state index contributed by atoms with van der Waals surface area (Å²) in [4.78, 5) is 12.9. The maximum Gasteiger partial charge on any atom is 0.161 e. The number of hydrogen-bond acceptors (Lipinski definition) is 6. The quantitative estimate of drug-likeness (QED) is 0.483. The number of ether oxygens (including phenoxy) is 3. The van der Waals surface area contributed by atoms with Gasteiger partial charge in [0.1, 0.15) is 6.10 Å². The highest BCUT2D eigenvalue weighted by Gasteiger charge is 2.68. The molecule has 3 fully saturated rings. The highest BCUT2D eigenvalue weighted by Crippen LogP contribution is 2.72. The van der Waals surface area contributed by atoms with Gasteiger partial charge in [-0.1, -0.05) is 52.3 Å². The largest absolute Gasteiger partial charge is 0.392 e. The third-order valence-corrected chi connectivity index (χ3v) is 12.5. The predicted molar refractivity (Wildman–Crippen MR) is 146 cm³/mol. The number of carbonyl (C=O) groups excluding carboxylic acids is 1. The van der Waals surface area contributed by atoms with Crippen molar-refractivity contribution in [3.63, 3.8) is 0 Å². The minimum absolute atomic E-state index is 0.0828. The molecule has 4 aliphatic carbocycles. The third kappa shape index (κ3) is 3.66. The maximum atomic E-state index is 12.9. The molecule has 6 nitrogen and oxygen atoms in total. The predicted octanol–water partition coefficient (Wildman–Crippen LogP) is 5.07. The molecule has 1 aliphatic heterocycles. The average Bonchev–Trinajstić information content (AvgIpc) is 3.44. The van der Waals surface area contributed by atoms with E-state index in [1.54, 1.807) is 14.2 Å². The van der Waals surface area contributed by atoms with Crippen molar-refractivity contribution in [1.29, 1.82) is 0 Å². The highest BCUT2D eigenvalue weighted by atomic mass is 16.7. The van der Waals surface area contributed by atoms with Crippen LogP contribution in [0.2, 0.25) is 0 Å². The van der Waals surface area contributed by atoms with Gasteiger partial charge in [0.05, 0.1) is 17.8 Å². The number of hydrogen-bond donors (Lipinski definition) is 2. The van der Waals surface area contributed by atoms with Crippen LogP contribution in [0.25, 0.3) is 0 Å². The molecule has 0 aromatic rings. The molecule has 2 saturated carbocycles. The second-order valence-electron chi connectivity index (χ2n) is 14.8. The fourth-order valence-electron chi connectivity index (χ4n) is 10.0. The van der Waals surface area contributed by atoms with Crippen LogP contribution in [0.1, 0.15) is 80.6 Å². The second-order valence-corrected chi connectivity index (χ2v) is 14.8. The Bertz CT molecular complexity index is 1030. The summed E-state index contributed by atoms with van der Waals surface area (Å²) in [6.45, 7) is 14.9. The van der Waals surface area contributed by atoms with Crippen LogP contribution in [0.3, 0.4) is 0 Å². The molecule has 38 heavy (non-hydrogen) atoms. The Morgan fingerprint density at radius 3 is 2.42 bits per heavy atom. The van der Waals surface area contributed by atoms with Crippen LogP contribution in [-0.2, 0) is 19.0 Å². The van der Waals surface area contributed by atoms with E-state index < -0.39 is 23.2 Å². The lowest BCUT2D eigenvalue weighted by Crippen LogP contribution is -2.63. The molecule has 214 valence electrons. The Morgan fingerprint density at radius 1 is 1.11 bits per heavy atom. The van der Waals surface area contributed by atoms with Gasteiger partial charge in [-0.2, -0.15) is 0 Å². The molecule has 1 heterocycles. The van der Waals surface area contributed by atoms with Crippen molar-refractivity contribution < 1.29 is 29.2 Å². The fraction of sp³-hybridized carbons (Fsp3) is 0.844. The zero-order valence-electron chi connectivity index (χ0n) is 24.9. The zero-order chi connectivity index (χ0) is 28.1. The lowest BCUT2D eigenvalue weighted by molar-refractivity contribution is -0.189. The number of rotatable bonds is 5. The zero-order valence-corrected chi connectivity index (χ0v) is 24.9. The number of ketones is 1. The van der Waals surface area contributed by atoms with E-state index in [0.717, 1.165) is 25.7 Å². The minimum Gasteiger partial charge on any atom is -0.392 e. The van der Waals surface area contributed by atoms with Crippen LogP contribution in [0, 0.1) is 45.3 Å². The second kappa shape index (κ2) is 8.97. The van der Waals surface area contributed by atoms with Gasteiger partial charge in [-0.25, -0.2) is 0 Å². The average molecular weight is 531 g/mol. The van der Waals surface area contributed by atoms with Crippen LogP contribution < -0.4 is 0 Å². The molecule has 0 amide bonds. The lowest BCUT2D eigenvalue weighted by Gasteiger charge is -2.66. The number of aliphatic hydroxyl groups is 2. The summed E-state index contributed by atoms with van der Waals surface area (Å²) in [5.74, 6) is 1.01. The summed E-state index contributed by atoms with van der Waals surface area (Å²) in [6.07, 6.45) is 8.75. The van der Waals surface area contributed by atoms with Gasteiger partial charge in [0.2, 0.25) is 0 Å². The molecule has 11 unspecified atom stereocenters. The molecule has 2 N–H and O–H groups in total. The van der Waals surface area contributed by atoms with Gasteiger partial charge in [-0.05, 0) is 80.6 Å². The minimum atomic E-state index is -0.758. The van der Waals surface area contributed by atoms with Gasteiger partial charge in [0, 0.05) is 31.0 Å². The van der Waals surface area contributed by atoms with Crippen LogP contribution in [0.4, 0.5) is 0 Å². The Hall–Kier alpha value is -1.05. The third-order valence-electron chi connectivity index (χ3n) is 12.5. The molecule has 0 aromatic carbocycles. The number of fused-ring (bicyclic) bond motifs is 5. The standard InChI is InChI=1S/C32H50O6/c1-28(2)23-17-25(34)32(7)21-11-10-19(18-16-20(38-27(18)36-8)26(35)29(3,4)37-9)30(21,5)14-12-22(32)31(23,6)15-13-24(28)33/h11,13,15,18-20,22-23,25-27,34-35H,10,12,14,16-17H2,1-9H3. The summed E-state index contributed by atoms with van der Waals surface area (Å²) in [6, 6.07) is 0. The van der Waals surface area contributed by atoms with Crippen molar-refractivity contribution in [1.82, 2.24) is 0 Å². The van der Waals surface area contributed by atoms with Gasteiger partial charge >= 0.3 is 0 Å². The van der Waals surface area contributed by atoms with Gasteiger partial charge in [-0.3, -0.25) is 4.79 Å². The Labute approximate surface area is 229 Å². The van der Waals surface area contributed by atoms with E-state index >= 15 is 0 Å². The number of aliphatic hydroxyl groups excluding tert-OH is 2.